The Balaban J connectivity index is 2.14. The second kappa shape index (κ2) is 6.41. The normalized spacial score (nSPS) is 16.7. The van der Waals surface area contributed by atoms with E-state index in [1.807, 2.05) is 0 Å². The van der Waals surface area contributed by atoms with Gasteiger partial charge in [-0.15, -0.1) is 0 Å². The van der Waals surface area contributed by atoms with Crippen molar-refractivity contribution in [3.05, 3.63) is 38.9 Å². The van der Waals surface area contributed by atoms with Crippen LogP contribution in [0.1, 0.15) is 23.2 Å². The van der Waals surface area contributed by atoms with E-state index < -0.39 is 4.92 Å². The summed E-state index contributed by atoms with van der Waals surface area (Å²) < 4.78 is 0. The van der Waals surface area contributed by atoms with E-state index in [2.05, 4.69) is 11.9 Å². The van der Waals surface area contributed by atoms with Crippen LogP contribution in [-0.4, -0.2) is 53.9 Å². The van der Waals surface area contributed by atoms with Crippen molar-refractivity contribution in [3.63, 3.8) is 0 Å². The highest BCUT2D eigenvalue weighted by atomic mass is 35.5. The van der Waals surface area contributed by atoms with Gasteiger partial charge in [-0.05, 0) is 39.0 Å². The van der Waals surface area contributed by atoms with Crippen LogP contribution in [0, 0.1) is 10.1 Å². The number of halogens is 1. The SMILES string of the molecule is CN1CCC(N(C)C(=O)c2ccc([N+](=O)[O-])cc2Cl)CC1. The zero-order valence-electron chi connectivity index (χ0n) is 12.1. The van der Waals surface area contributed by atoms with E-state index in [-0.39, 0.29) is 22.7 Å². The number of nitro benzene ring substituents is 1. The number of carbonyl (C=O) groups is 1. The predicted molar refractivity (Wildman–Crippen MR) is 80.7 cm³/mol. The number of nitro groups is 1. The van der Waals surface area contributed by atoms with Crippen LogP contribution in [0.4, 0.5) is 5.69 Å². The van der Waals surface area contributed by atoms with Gasteiger partial charge in [0.05, 0.1) is 15.5 Å². The van der Waals surface area contributed by atoms with Gasteiger partial charge in [0.1, 0.15) is 0 Å². The van der Waals surface area contributed by atoms with Gasteiger partial charge in [-0.25, -0.2) is 0 Å². The van der Waals surface area contributed by atoms with Crippen molar-refractivity contribution >= 4 is 23.2 Å². The molecule has 7 heteroatoms. The number of rotatable bonds is 3. The summed E-state index contributed by atoms with van der Waals surface area (Å²) in [6.45, 7) is 1.91. The average molecular weight is 312 g/mol. The van der Waals surface area contributed by atoms with E-state index in [0.29, 0.717) is 5.56 Å². The second-order valence-electron chi connectivity index (χ2n) is 5.37. The lowest BCUT2D eigenvalue weighted by Crippen LogP contribution is -2.44. The number of hydrogen-bond donors (Lipinski definition) is 0. The fourth-order valence-corrected chi connectivity index (χ4v) is 2.78. The Morgan fingerprint density at radius 1 is 1.43 bits per heavy atom. The molecule has 1 aromatic rings. The van der Waals surface area contributed by atoms with Crippen molar-refractivity contribution in [2.24, 2.45) is 0 Å². The molecule has 0 N–H and O–H groups in total. The molecule has 6 nitrogen and oxygen atoms in total. The van der Waals surface area contributed by atoms with Gasteiger partial charge in [0.15, 0.2) is 0 Å². The van der Waals surface area contributed by atoms with Crippen LogP contribution in [0.15, 0.2) is 18.2 Å². The fraction of sp³-hybridized carbons (Fsp3) is 0.500. The first-order chi connectivity index (χ1) is 9.90. The maximum absolute atomic E-state index is 12.5. The Labute approximate surface area is 128 Å². The van der Waals surface area contributed by atoms with Crippen molar-refractivity contribution in [1.29, 1.82) is 0 Å². The summed E-state index contributed by atoms with van der Waals surface area (Å²) in [5.74, 6) is -0.190. The minimum atomic E-state index is -0.527. The van der Waals surface area contributed by atoms with Crippen LogP contribution in [0.25, 0.3) is 0 Å². The van der Waals surface area contributed by atoms with Crippen molar-refractivity contribution in [2.45, 2.75) is 18.9 Å². The minimum absolute atomic E-state index is 0.113. The van der Waals surface area contributed by atoms with Crippen molar-refractivity contribution < 1.29 is 9.72 Å². The molecular formula is C14H18ClN3O3. The monoisotopic (exact) mass is 311 g/mol. The topological polar surface area (TPSA) is 66.7 Å². The van der Waals surface area contributed by atoms with E-state index in [1.54, 1.807) is 11.9 Å². The van der Waals surface area contributed by atoms with E-state index in [0.717, 1.165) is 25.9 Å². The molecule has 1 amide bonds. The third-order valence-corrected chi connectivity index (χ3v) is 4.26. The first-order valence-corrected chi connectivity index (χ1v) is 7.17. The second-order valence-corrected chi connectivity index (χ2v) is 5.78. The summed E-state index contributed by atoms with van der Waals surface area (Å²) >= 11 is 6.01. The van der Waals surface area contributed by atoms with Gasteiger partial charge in [0.2, 0.25) is 0 Å². The standard InChI is InChI=1S/C14H18ClN3O3/c1-16-7-5-10(6-8-16)17(2)14(19)12-4-3-11(18(20)21)9-13(12)15/h3-4,9-10H,5-8H2,1-2H3. The molecule has 1 aliphatic rings. The summed E-state index contributed by atoms with van der Waals surface area (Å²) in [6, 6.07) is 4.13. The molecule has 0 unspecified atom stereocenters. The molecule has 1 saturated heterocycles. The Kier molecular flexibility index (Phi) is 4.80. The summed E-state index contributed by atoms with van der Waals surface area (Å²) in [5.41, 5.74) is 0.196. The maximum Gasteiger partial charge on any atom is 0.270 e. The third kappa shape index (κ3) is 3.51. The molecule has 1 fully saturated rings. The quantitative estimate of drug-likeness (QED) is 0.635. The molecule has 0 aliphatic carbocycles. The molecule has 21 heavy (non-hydrogen) atoms. The van der Waals surface area contributed by atoms with E-state index in [9.17, 15) is 14.9 Å². The van der Waals surface area contributed by atoms with Crippen molar-refractivity contribution in [3.8, 4) is 0 Å². The highest BCUT2D eigenvalue weighted by Gasteiger charge is 2.26. The van der Waals surface area contributed by atoms with Gasteiger partial charge < -0.3 is 9.80 Å². The molecule has 114 valence electrons. The number of hydrogen-bond acceptors (Lipinski definition) is 4. The lowest BCUT2D eigenvalue weighted by Gasteiger charge is -2.35. The summed E-state index contributed by atoms with van der Waals surface area (Å²) in [5, 5.41) is 10.8. The van der Waals surface area contributed by atoms with E-state index in [1.165, 1.54) is 18.2 Å². The smallest absolute Gasteiger partial charge is 0.270 e. The number of carbonyl (C=O) groups excluding carboxylic acids is 1. The number of piperidine rings is 1. The van der Waals surface area contributed by atoms with Crippen LogP contribution < -0.4 is 0 Å². The maximum atomic E-state index is 12.5. The Morgan fingerprint density at radius 3 is 2.57 bits per heavy atom. The van der Waals surface area contributed by atoms with Gasteiger partial charge in [0.25, 0.3) is 11.6 Å². The van der Waals surface area contributed by atoms with E-state index in [4.69, 9.17) is 11.6 Å². The lowest BCUT2D eigenvalue weighted by atomic mass is 10.0. The molecule has 0 atom stereocenters. The number of non-ortho nitro benzene ring substituents is 1. The van der Waals surface area contributed by atoms with E-state index >= 15 is 0 Å². The highest BCUT2D eigenvalue weighted by molar-refractivity contribution is 6.34. The molecule has 0 saturated carbocycles. The molecule has 0 aromatic heterocycles. The lowest BCUT2D eigenvalue weighted by molar-refractivity contribution is -0.384. The number of nitrogens with zero attached hydrogens (tertiary/aromatic N) is 3. The number of benzene rings is 1. The zero-order valence-corrected chi connectivity index (χ0v) is 12.8. The zero-order chi connectivity index (χ0) is 15.6. The number of likely N-dealkylation sites (tertiary alicyclic amines) is 1. The van der Waals surface area contributed by atoms with Crippen LogP contribution >= 0.6 is 11.6 Å². The highest BCUT2D eigenvalue weighted by Crippen LogP contribution is 2.25. The summed E-state index contributed by atoms with van der Waals surface area (Å²) in [6.07, 6.45) is 1.84. The fourth-order valence-electron chi connectivity index (χ4n) is 2.53. The molecule has 1 heterocycles. The summed E-state index contributed by atoms with van der Waals surface area (Å²) in [4.78, 5) is 26.6. The Morgan fingerprint density at radius 2 is 2.05 bits per heavy atom. The Hall–Kier alpha value is -1.66. The van der Waals surface area contributed by atoms with Gasteiger partial charge in [-0.1, -0.05) is 11.6 Å². The largest absolute Gasteiger partial charge is 0.339 e. The molecule has 1 aromatic carbocycles. The van der Waals surface area contributed by atoms with Crippen molar-refractivity contribution in [2.75, 3.05) is 27.2 Å². The third-order valence-electron chi connectivity index (χ3n) is 3.95. The van der Waals surface area contributed by atoms with Crippen LogP contribution in [-0.2, 0) is 0 Å². The molecule has 0 bridgehead atoms. The molecule has 2 rings (SSSR count). The van der Waals surface area contributed by atoms with Gasteiger partial charge in [-0.2, -0.15) is 0 Å². The minimum Gasteiger partial charge on any atom is -0.339 e. The van der Waals surface area contributed by atoms with Gasteiger partial charge in [-0.3, -0.25) is 14.9 Å². The predicted octanol–water partition coefficient (Wildman–Crippen LogP) is 2.41. The summed E-state index contributed by atoms with van der Waals surface area (Å²) in [7, 11) is 3.82. The van der Waals surface area contributed by atoms with Crippen LogP contribution in [0.2, 0.25) is 5.02 Å². The van der Waals surface area contributed by atoms with Crippen LogP contribution in [0.5, 0.6) is 0 Å². The Bertz CT molecular complexity index is 556. The average Bonchev–Trinajstić information content (AvgIpc) is 2.46. The van der Waals surface area contributed by atoms with Crippen LogP contribution in [0.3, 0.4) is 0 Å². The van der Waals surface area contributed by atoms with Gasteiger partial charge in [0, 0.05) is 25.2 Å². The van der Waals surface area contributed by atoms with Gasteiger partial charge >= 0.3 is 0 Å². The molecule has 0 spiro atoms. The molecule has 0 radical (unpaired) electrons. The first kappa shape index (κ1) is 15.7. The number of amides is 1. The molecular weight excluding hydrogens is 294 g/mol. The first-order valence-electron chi connectivity index (χ1n) is 6.80. The van der Waals surface area contributed by atoms with Crippen molar-refractivity contribution in [1.82, 2.24) is 9.80 Å². The molecule has 1 aliphatic heterocycles.